The fourth-order valence-corrected chi connectivity index (χ4v) is 1.56. The lowest BCUT2D eigenvalue weighted by Gasteiger charge is -2.19. The van der Waals surface area contributed by atoms with Crippen LogP contribution in [0.1, 0.15) is 25.7 Å². The fraction of sp³-hybridized carbons (Fsp3) is 0.455. The fourth-order valence-electron chi connectivity index (χ4n) is 1.32. The normalized spacial score (nSPS) is 11.1. The Morgan fingerprint density at radius 2 is 1.88 bits per heavy atom. The second-order valence-electron chi connectivity index (χ2n) is 3.11. The molecule has 0 fully saturated rings. The standard InChI is InChI=1S/C11H15ClFNO2/c1-3-15-11(16-4-2)9-7(13)5-6-8(14)10(9)12/h5-6,11H,3-4,14H2,1-2H3. The van der Waals surface area contributed by atoms with Crippen LogP contribution >= 0.6 is 11.6 Å². The zero-order valence-corrected chi connectivity index (χ0v) is 10.1. The first-order valence-corrected chi connectivity index (χ1v) is 5.46. The number of hydrogen-bond donors (Lipinski definition) is 1. The number of halogens is 2. The molecule has 0 heterocycles. The van der Waals surface area contributed by atoms with Gasteiger partial charge in [-0.1, -0.05) is 11.6 Å². The first-order valence-electron chi connectivity index (χ1n) is 5.08. The van der Waals surface area contributed by atoms with Crippen molar-refractivity contribution in [3.05, 3.63) is 28.5 Å². The van der Waals surface area contributed by atoms with Crippen LogP contribution in [0, 0.1) is 5.82 Å². The lowest BCUT2D eigenvalue weighted by Crippen LogP contribution is -2.12. The van der Waals surface area contributed by atoms with Gasteiger partial charge in [0.1, 0.15) is 5.82 Å². The van der Waals surface area contributed by atoms with Gasteiger partial charge in [-0.2, -0.15) is 0 Å². The average Bonchev–Trinajstić information content (AvgIpc) is 2.25. The molecule has 0 bridgehead atoms. The van der Waals surface area contributed by atoms with E-state index in [2.05, 4.69) is 0 Å². The van der Waals surface area contributed by atoms with Gasteiger partial charge in [-0.15, -0.1) is 0 Å². The summed E-state index contributed by atoms with van der Waals surface area (Å²) in [7, 11) is 0. The summed E-state index contributed by atoms with van der Waals surface area (Å²) in [6.07, 6.45) is -0.814. The van der Waals surface area contributed by atoms with Gasteiger partial charge in [-0.05, 0) is 26.0 Å². The van der Waals surface area contributed by atoms with Crippen molar-refractivity contribution in [2.75, 3.05) is 18.9 Å². The highest BCUT2D eigenvalue weighted by Crippen LogP contribution is 2.33. The van der Waals surface area contributed by atoms with Crippen LogP contribution < -0.4 is 5.73 Å². The van der Waals surface area contributed by atoms with Crippen molar-refractivity contribution in [1.82, 2.24) is 0 Å². The maximum Gasteiger partial charge on any atom is 0.188 e. The molecule has 0 aliphatic heterocycles. The summed E-state index contributed by atoms with van der Waals surface area (Å²) < 4.78 is 24.2. The Bertz CT molecular complexity index is 354. The number of hydrogen-bond acceptors (Lipinski definition) is 3. The zero-order chi connectivity index (χ0) is 12.1. The van der Waals surface area contributed by atoms with Gasteiger partial charge >= 0.3 is 0 Å². The van der Waals surface area contributed by atoms with Gasteiger partial charge in [-0.25, -0.2) is 4.39 Å². The molecule has 16 heavy (non-hydrogen) atoms. The summed E-state index contributed by atoms with van der Waals surface area (Å²) in [5.74, 6) is -0.480. The first-order chi connectivity index (χ1) is 7.61. The van der Waals surface area contributed by atoms with Gasteiger partial charge in [0.15, 0.2) is 6.29 Å². The van der Waals surface area contributed by atoms with Crippen molar-refractivity contribution < 1.29 is 13.9 Å². The second-order valence-corrected chi connectivity index (χ2v) is 3.48. The number of ether oxygens (including phenoxy) is 2. The molecule has 0 aliphatic carbocycles. The summed E-state index contributed by atoms with van der Waals surface area (Å²) >= 11 is 5.94. The molecule has 0 radical (unpaired) electrons. The Balaban J connectivity index is 3.11. The summed E-state index contributed by atoms with van der Waals surface area (Å²) in [5, 5.41) is 0.145. The lowest BCUT2D eigenvalue weighted by atomic mass is 10.1. The van der Waals surface area contributed by atoms with Crippen LogP contribution in [-0.4, -0.2) is 13.2 Å². The van der Waals surface area contributed by atoms with E-state index in [-0.39, 0.29) is 10.6 Å². The quantitative estimate of drug-likeness (QED) is 0.642. The van der Waals surface area contributed by atoms with Crippen LogP contribution in [0.2, 0.25) is 5.02 Å². The van der Waals surface area contributed by atoms with E-state index >= 15 is 0 Å². The monoisotopic (exact) mass is 247 g/mol. The van der Waals surface area contributed by atoms with E-state index in [4.69, 9.17) is 26.8 Å². The first kappa shape index (κ1) is 13.2. The molecule has 0 saturated heterocycles. The molecule has 0 aromatic heterocycles. The molecule has 0 spiro atoms. The molecule has 1 aromatic rings. The Kier molecular flexibility index (Phi) is 4.99. The number of nitrogens with two attached hydrogens (primary N) is 1. The minimum Gasteiger partial charge on any atom is -0.398 e. The van der Waals surface area contributed by atoms with Crippen LogP contribution in [0.4, 0.5) is 10.1 Å². The highest BCUT2D eigenvalue weighted by molar-refractivity contribution is 6.33. The average molecular weight is 248 g/mol. The minimum atomic E-state index is -0.814. The Labute approximate surface area is 99.3 Å². The number of nitrogen functional groups attached to an aromatic ring is 1. The van der Waals surface area contributed by atoms with Gasteiger partial charge in [-0.3, -0.25) is 0 Å². The van der Waals surface area contributed by atoms with Crippen molar-refractivity contribution in [2.45, 2.75) is 20.1 Å². The van der Waals surface area contributed by atoms with E-state index in [9.17, 15) is 4.39 Å². The van der Waals surface area contributed by atoms with Gasteiger partial charge in [0, 0.05) is 13.2 Å². The van der Waals surface area contributed by atoms with Gasteiger partial charge < -0.3 is 15.2 Å². The molecular weight excluding hydrogens is 233 g/mol. The summed E-state index contributed by atoms with van der Waals surface area (Å²) in [6, 6.07) is 2.66. The van der Waals surface area contributed by atoms with Crippen LogP contribution in [0.25, 0.3) is 0 Å². The molecule has 5 heteroatoms. The van der Waals surface area contributed by atoms with Crippen molar-refractivity contribution in [3.63, 3.8) is 0 Å². The molecule has 0 aliphatic rings. The van der Waals surface area contributed by atoms with Gasteiger partial charge in [0.05, 0.1) is 16.3 Å². The predicted molar refractivity (Wildman–Crippen MR) is 61.8 cm³/mol. The maximum absolute atomic E-state index is 13.6. The zero-order valence-electron chi connectivity index (χ0n) is 9.30. The topological polar surface area (TPSA) is 44.5 Å². The minimum absolute atomic E-state index is 0.145. The van der Waals surface area contributed by atoms with Crippen LogP contribution in [0.15, 0.2) is 12.1 Å². The van der Waals surface area contributed by atoms with E-state index in [1.807, 2.05) is 0 Å². The highest BCUT2D eigenvalue weighted by atomic mass is 35.5. The Morgan fingerprint density at radius 1 is 1.31 bits per heavy atom. The van der Waals surface area contributed by atoms with Crippen molar-refractivity contribution in [1.29, 1.82) is 0 Å². The number of anilines is 1. The van der Waals surface area contributed by atoms with Gasteiger partial charge in [0.25, 0.3) is 0 Å². The van der Waals surface area contributed by atoms with Crippen LogP contribution in [0.5, 0.6) is 0 Å². The van der Waals surface area contributed by atoms with E-state index in [0.29, 0.717) is 18.9 Å². The molecule has 0 amide bonds. The highest BCUT2D eigenvalue weighted by Gasteiger charge is 2.21. The van der Waals surface area contributed by atoms with E-state index in [1.165, 1.54) is 12.1 Å². The maximum atomic E-state index is 13.6. The molecule has 1 aromatic carbocycles. The largest absolute Gasteiger partial charge is 0.398 e. The molecule has 0 atom stereocenters. The Hall–Kier alpha value is -0.840. The summed E-state index contributed by atoms with van der Waals surface area (Å²) in [4.78, 5) is 0. The van der Waals surface area contributed by atoms with Crippen molar-refractivity contribution in [2.24, 2.45) is 0 Å². The molecule has 90 valence electrons. The molecule has 0 unspecified atom stereocenters. The number of benzene rings is 1. The molecule has 0 saturated carbocycles. The Morgan fingerprint density at radius 3 is 2.38 bits per heavy atom. The van der Waals surface area contributed by atoms with Crippen LogP contribution in [-0.2, 0) is 9.47 Å². The molecule has 1 rings (SSSR count). The predicted octanol–water partition coefficient (Wildman–Crippen LogP) is 3.13. The third-order valence-electron chi connectivity index (χ3n) is 2.03. The smallest absolute Gasteiger partial charge is 0.188 e. The molecular formula is C11H15ClFNO2. The van der Waals surface area contributed by atoms with E-state index in [0.717, 1.165) is 0 Å². The molecule has 2 N–H and O–H groups in total. The van der Waals surface area contributed by atoms with Gasteiger partial charge in [0.2, 0.25) is 0 Å². The van der Waals surface area contributed by atoms with E-state index in [1.54, 1.807) is 13.8 Å². The molecule has 3 nitrogen and oxygen atoms in total. The summed E-state index contributed by atoms with van der Waals surface area (Å²) in [5.41, 5.74) is 6.08. The summed E-state index contributed by atoms with van der Waals surface area (Å²) in [6.45, 7) is 4.39. The lowest BCUT2D eigenvalue weighted by molar-refractivity contribution is -0.141. The van der Waals surface area contributed by atoms with E-state index < -0.39 is 12.1 Å². The van der Waals surface area contributed by atoms with Crippen LogP contribution in [0.3, 0.4) is 0 Å². The third kappa shape index (κ3) is 2.84. The SMILES string of the molecule is CCOC(OCC)c1c(F)ccc(N)c1Cl. The third-order valence-corrected chi connectivity index (χ3v) is 2.45. The number of rotatable bonds is 5. The second kappa shape index (κ2) is 6.03. The van der Waals surface area contributed by atoms with Crippen molar-refractivity contribution in [3.8, 4) is 0 Å². The van der Waals surface area contributed by atoms with Crippen molar-refractivity contribution >= 4 is 17.3 Å².